The molecule has 1 unspecified atom stereocenters. The van der Waals surface area contributed by atoms with Crippen molar-refractivity contribution >= 4 is 0 Å². The second-order valence-corrected chi connectivity index (χ2v) is 4.58. The first-order valence-electron chi connectivity index (χ1n) is 5.46. The van der Waals surface area contributed by atoms with E-state index in [1.807, 2.05) is 6.92 Å². The lowest BCUT2D eigenvalue weighted by atomic mass is 10.0. The second kappa shape index (κ2) is 5.33. The number of hydrogen-bond acceptors (Lipinski definition) is 3. The average molecular weight is 240 g/mol. The molecule has 0 amide bonds. The Morgan fingerprint density at radius 3 is 2.50 bits per heavy atom. The molecular weight excluding hydrogens is 221 g/mol. The number of ether oxygens (including phenoxy) is 1. The fraction of sp³-hybridized carbons (Fsp3) is 1.00. The van der Waals surface area contributed by atoms with Gasteiger partial charge in [0.15, 0.2) is 0 Å². The van der Waals surface area contributed by atoms with E-state index in [9.17, 15) is 13.2 Å². The van der Waals surface area contributed by atoms with E-state index in [0.717, 1.165) is 13.1 Å². The normalized spacial score (nSPS) is 21.6. The zero-order chi connectivity index (χ0) is 12.2. The highest BCUT2D eigenvalue weighted by Gasteiger charge is 2.32. The number of nitrogens with one attached hydrogen (secondary N) is 2. The van der Waals surface area contributed by atoms with Gasteiger partial charge in [-0.05, 0) is 13.8 Å². The van der Waals surface area contributed by atoms with Crippen molar-refractivity contribution in [3.8, 4) is 0 Å². The maximum absolute atomic E-state index is 12.0. The van der Waals surface area contributed by atoms with Crippen LogP contribution < -0.4 is 10.6 Å². The van der Waals surface area contributed by atoms with Crippen molar-refractivity contribution < 1.29 is 17.9 Å². The molecule has 1 saturated heterocycles. The Hall–Kier alpha value is -0.330. The van der Waals surface area contributed by atoms with Crippen molar-refractivity contribution in [1.29, 1.82) is 0 Å². The first kappa shape index (κ1) is 13.7. The van der Waals surface area contributed by atoms with Gasteiger partial charge in [-0.2, -0.15) is 13.2 Å². The SMILES string of the molecule is CC(CC(F)(F)F)NCCOC1(C)CNC1. The summed E-state index contributed by atoms with van der Waals surface area (Å²) in [6.07, 6.45) is -4.90. The summed E-state index contributed by atoms with van der Waals surface area (Å²) < 4.78 is 41.5. The number of halogens is 3. The Bertz CT molecular complexity index is 217. The molecule has 0 aromatic rings. The van der Waals surface area contributed by atoms with Crippen LogP contribution in [0.25, 0.3) is 0 Å². The van der Waals surface area contributed by atoms with Crippen LogP contribution >= 0.6 is 0 Å². The summed E-state index contributed by atoms with van der Waals surface area (Å²) in [6, 6.07) is -0.559. The van der Waals surface area contributed by atoms with E-state index in [1.165, 1.54) is 6.92 Å². The predicted octanol–water partition coefficient (Wildman–Crippen LogP) is 1.30. The van der Waals surface area contributed by atoms with E-state index in [1.54, 1.807) is 0 Å². The predicted molar refractivity (Wildman–Crippen MR) is 55.4 cm³/mol. The first-order chi connectivity index (χ1) is 7.31. The van der Waals surface area contributed by atoms with Gasteiger partial charge in [0, 0.05) is 25.7 Å². The Morgan fingerprint density at radius 1 is 1.44 bits per heavy atom. The van der Waals surface area contributed by atoms with Crippen LogP contribution in [0, 0.1) is 0 Å². The molecule has 96 valence electrons. The van der Waals surface area contributed by atoms with Gasteiger partial charge in [-0.1, -0.05) is 0 Å². The Morgan fingerprint density at radius 2 is 2.06 bits per heavy atom. The molecule has 1 heterocycles. The molecule has 1 atom stereocenters. The van der Waals surface area contributed by atoms with E-state index < -0.39 is 18.6 Å². The highest BCUT2D eigenvalue weighted by Crippen LogP contribution is 2.21. The molecule has 3 nitrogen and oxygen atoms in total. The van der Waals surface area contributed by atoms with Crippen molar-refractivity contribution in [1.82, 2.24) is 10.6 Å². The van der Waals surface area contributed by atoms with Gasteiger partial charge >= 0.3 is 6.18 Å². The second-order valence-electron chi connectivity index (χ2n) is 4.58. The molecule has 6 heteroatoms. The van der Waals surface area contributed by atoms with Gasteiger partial charge < -0.3 is 15.4 Å². The Kier molecular flexibility index (Phi) is 4.58. The van der Waals surface area contributed by atoms with Crippen molar-refractivity contribution in [3.05, 3.63) is 0 Å². The van der Waals surface area contributed by atoms with Crippen LogP contribution in [0.3, 0.4) is 0 Å². The molecule has 16 heavy (non-hydrogen) atoms. The summed E-state index contributed by atoms with van der Waals surface area (Å²) in [7, 11) is 0. The standard InChI is InChI=1S/C10H19F3N2O/c1-8(5-10(11,12)13)15-3-4-16-9(2)6-14-7-9/h8,14-15H,3-7H2,1-2H3. The summed E-state index contributed by atoms with van der Waals surface area (Å²) in [4.78, 5) is 0. The zero-order valence-corrected chi connectivity index (χ0v) is 9.66. The topological polar surface area (TPSA) is 33.3 Å². The fourth-order valence-electron chi connectivity index (χ4n) is 1.60. The van der Waals surface area contributed by atoms with Crippen LogP contribution in [-0.4, -0.2) is 44.1 Å². The van der Waals surface area contributed by atoms with Gasteiger partial charge in [0.25, 0.3) is 0 Å². The highest BCUT2D eigenvalue weighted by atomic mass is 19.4. The zero-order valence-electron chi connectivity index (χ0n) is 9.66. The van der Waals surface area contributed by atoms with Crippen molar-refractivity contribution in [2.24, 2.45) is 0 Å². The minimum absolute atomic E-state index is 0.130. The molecule has 0 bridgehead atoms. The van der Waals surface area contributed by atoms with Gasteiger partial charge in [-0.3, -0.25) is 0 Å². The molecule has 1 aliphatic heterocycles. The van der Waals surface area contributed by atoms with Gasteiger partial charge in [0.1, 0.15) is 0 Å². The van der Waals surface area contributed by atoms with Crippen LogP contribution in [0.15, 0.2) is 0 Å². The van der Waals surface area contributed by atoms with Crippen LogP contribution in [-0.2, 0) is 4.74 Å². The van der Waals surface area contributed by atoms with Crippen LogP contribution in [0.1, 0.15) is 20.3 Å². The molecule has 1 aliphatic rings. The quantitative estimate of drug-likeness (QED) is 0.686. The van der Waals surface area contributed by atoms with E-state index in [2.05, 4.69) is 10.6 Å². The van der Waals surface area contributed by atoms with Crippen LogP contribution in [0.2, 0.25) is 0 Å². The van der Waals surface area contributed by atoms with Crippen LogP contribution in [0.5, 0.6) is 0 Å². The molecular formula is C10H19F3N2O. The molecule has 0 spiro atoms. The third-order valence-electron chi connectivity index (χ3n) is 2.58. The largest absolute Gasteiger partial charge is 0.390 e. The summed E-state index contributed by atoms with van der Waals surface area (Å²) in [5.41, 5.74) is -0.130. The molecule has 0 aromatic heterocycles. The summed E-state index contributed by atoms with van der Waals surface area (Å²) in [5, 5.41) is 5.88. The van der Waals surface area contributed by atoms with Gasteiger partial charge in [-0.25, -0.2) is 0 Å². The van der Waals surface area contributed by atoms with E-state index in [4.69, 9.17) is 4.74 Å². The van der Waals surface area contributed by atoms with Crippen molar-refractivity contribution in [2.45, 2.75) is 38.1 Å². The van der Waals surface area contributed by atoms with E-state index in [0.29, 0.717) is 13.2 Å². The van der Waals surface area contributed by atoms with E-state index >= 15 is 0 Å². The molecule has 0 saturated carbocycles. The lowest BCUT2D eigenvalue weighted by Crippen LogP contribution is -2.59. The van der Waals surface area contributed by atoms with Crippen molar-refractivity contribution in [3.63, 3.8) is 0 Å². The van der Waals surface area contributed by atoms with Crippen molar-refractivity contribution in [2.75, 3.05) is 26.2 Å². The smallest absolute Gasteiger partial charge is 0.371 e. The minimum Gasteiger partial charge on any atom is -0.371 e. The average Bonchev–Trinajstić information content (AvgIpc) is 2.06. The first-order valence-corrected chi connectivity index (χ1v) is 5.46. The molecule has 1 fully saturated rings. The molecule has 0 radical (unpaired) electrons. The maximum Gasteiger partial charge on any atom is 0.390 e. The minimum atomic E-state index is -4.10. The molecule has 0 aromatic carbocycles. The summed E-state index contributed by atoms with van der Waals surface area (Å²) in [5.74, 6) is 0. The lowest BCUT2D eigenvalue weighted by molar-refractivity contribution is -0.139. The fourth-order valence-corrected chi connectivity index (χ4v) is 1.60. The maximum atomic E-state index is 12.0. The molecule has 2 N–H and O–H groups in total. The van der Waals surface area contributed by atoms with Gasteiger partial charge in [0.05, 0.1) is 18.6 Å². The lowest BCUT2D eigenvalue weighted by Gasteiger charge is -2.39. The van der Waals surface area contributed by atoms with Crippen LogP contribution in [0.4, 0.5) is 13.2 Å². The third-order valence-corrected chi connectivity index (χ3v) is 2.58. The number of alkyl halides is 3. The van der Waals surface area contributed by atoms with Gasteiger partial charge in [0.2, 0.25) is 0 Å². The summed E-state index contributed by atoms with van der Waals surface area (Å²) in [6.45, 7) is 6.03. The summed E-state index contributed by atoms with van der Waals surface area (Å²) >= 11 is 0. The Labute approximate surface area is 93.7 Å². The monoisotopic (exact) mass is 240 g/mol. The van der Waals surface area contributed by atoms with Gasteiger partial charge in [-0.15, -0.1) is 0 Å². The molecule has 0 aliphatic carbocycles. The number of rotatable bonds is 6. The van der Waals surface area contributed by atoms with E-state index in [-0.39, 0.29) is 5.60 Å². The third kappa shape index (κ3) is 5.14. The highest BCUT2D eigenvalue weighted by molar-refractivity contribution is 4.90. The molecule has 1 rings (SSSR count). The Balaban J connectivity index is 2.02. The number of hydrogen-bond donors (Lipinski definition) is 2.